The van der Waals surface area contributed by atoms with Crippen molar-refractivity contribution in [2.75, 3.05) is 0 Å². The lowest BCUT2D eigenvalue weighted by atomic mass is 9.75. The molecule has 1 aliphatic rings. The lowest BCUT2D eigenvalue weighted by Crippen LogP contribution is -3.00. The number of carbonyl (C=O) groups excluding carboxylic acids is 1. The monoisotopic (exact) mass is 369 g/mol. The third kappa shape index (κ3) is 4.80. The molecule has 0 aliphatic heterocycles. The molecule has 1 aromatic heterocycles. The highest BCUT2D eigenvalue weighted by Gasteiger charge is 2.33. The Morgan fingerprint density at radius 2 is 1.95 bits per heavy atom. The minimum atomic E-state index is -0.178. The van der Waals surface area contributed by atoms with Gasteiger partial charge in [-0.25, -0.2) is 9.36 Å². The molecule has 3 nitrogen and oxygen atoms in total. The first-order valence-electron chi connectivity index (χ1n) is 8.21. The topological polar surface area (TPSA) is 30.2 Å². The summed E-state index contributed by atoms with van der Waals surface area (Å²) in [5.41, 5.74) is 0.653. The van der Waals surface area contributed by atoms with Crippen molar-refractivity contribution in [1.82, 2.24) is 0 Å². The standard InChI is InChI=1S/C18H28NO2.BrH/c1-5-19-10-8-15(9-11-19)18(20)21-17-12-14(4)6-7-16(17)13(2)3;/h8-11,13-14,16-17H,5-7,12H2,1-4H3;1H/q+1;/p-1/t14-,16+,17-;/m1./s1. The van der Waals surface area contributed by atoms with Gasteiger partial charge in [-0.2, -0.15) is 0 Å². The van der Waals surface area contributed by atoms with E-state index in [4.69, 9.17) is 4.74 Å². The molecule has 1 saturated carbocycles. The second-order valence-corrected chi connectivity index (χ2v) is 6.69. The number of ether oxygens (including phenoxy) is 1. The van der Waals surface area contributed by atoms with Gasteiger partial charge in [-0.3, -0.25) is 0 Å². The maximum absolute atomic E-state index is 12.4. The summed E-state index contributed by atoms with van der Waals surface area (Å²) in [5, 5.41) is 0. The molecule has 1 aliphatic carbocycles. The van der Waals surface area contributed by atoms with Crippen LogP contribution in [0.15, 0.2) is 24.5 Å². The average Bonchev–Trinajstić information content (AvgIpc) is 2.47. The van der Waals surface area contributed by atoms with Gasteiger partial charge in [-0.15, -0.1) is 0 Å². The molecular formula is C18H28BrNO2. The second kappa shape index (κ2) is 8.66. The summed E-state index contributed by atoms with van der Waals surface area (Å²) in [4.78, 5) is 12.4. The van der Waals surface area contributed by atoms with Crippen molar-refractivity contribution in [1.29, 1.82) is 0 Å². The van der Waals surface area contributed by atoms with Crippen LogP contribution in [0.25, 0.3) is 0 Å². The Hall–Kier alpha value is -0.900. The Morgan fingerprint density at radius 3 is 2.50 bits per heavy atom. The minimum absolute atomic E-state index is 0. The average molecular weight is 370 g/mol. The van der Waals surface area contributed by atoms with Gasteiger partial charge in [0.25, 0.3) is 0 Å². The SMILES string of the molecule is CC[n+]1ccc(C(=O)O[C@@H]2C[C@H](C)CC[C@H]2C(C)C)cc1.[Br-]. The summed E-state index contributed by atoms with van der Waals surface area (Å²) in [6, 6.07) is 3.70. The molecule has 1 aromatic rings. The zero-order valence-electron chi connectivity index (χ0n) is 14.1. The van der Waals surface area contributed by atoms with Crippen LogP contribution in [0, 0.1) is 17.8 Å². The first-order valence-corrected chi connectivity index (χ1v) is 8.21. The van der Waals surface area contributed by atoms with Gasteiger partial charge in [0.1, 0.15) is 12.6 Å². The van der Waals surface area contributed by atoms with Crippen LogP contribution in [-0.4, -0.2) is 12.1 Å². The van der Waals surface area contributed by atoms with Gasteiger partial charge in [0.2, 0.25) is 0 Å². The Kier molecular flexibility index (Phi) is 7.54. The first-order chi connectivity index (χ1) is 10.0. The van der Waals surface area contributed by atoms with E-state index in [1.54, 1.807) is 0 Å². The number of aromatic nitrogens is 1. The van der Waals surface area contributed by atoms with Gasteiger partial charge in [-0.05, 0) is 37.5 Å². The normalized spacial score (nSPS) is 24.7. The van der Waals surface area contributed by atoms with Gasteiger partial charge in [0.15, 0.2) is 12.4 Å². The molecule has 124 valence electrons. The second-order valence-electron chi connectivity index (χ2n) is 6.69. The molecule has 0 aromatic carbocycles. The Labute approximate surface area is 144 Å². The van der Waals surface area contributed by atoms with E-state index in [-0.39, 0.29) is 29.1 Å². The molecule has 2 rings (SSSR count). The van der Waals surface area contributed by atoms with Gasteiger partial charge in [0.05, 0.1) is 5.56 Å². The minimum Gasteiger partial charge on any atom is -1.00 e. The predicted octanol–water partition coefficient (Wildman–Crippen LogP) is 0.616. The quantitative estimate of drug-likeness (QED) is 0.575. The number of pyridine rings is 1. The molecule has 0 radical (unpaired) electrons. The number of hydrogen-bond donors (Lipinski definition) is 0. The highest BCUT2D eigenvalue weighted by molar-refractivity contribution is 5.89. The molecule has 3 atom stereocenters. The fourth-order valence-electron chi connectivity index (χ4n) is 3.26. The van der Waals surface area contributed by atoms with Crippen LogP contribution in [0.4, 0.5) is 0 Å². The van der Waals surface area contributed by atoms with Crippen LogP contribution in [-0.2, 0) is 11.3 Å². The van der Waals surface area contributed by atoms with E-state index >= 15 is 0 Å². The van der Waals surface area contributed by atoms with Crippen LogP contribution < -0.4 is 21.5 Å². The van der Waals surface area contributed by atoms with Crippen molar-refractivity contribution in [3.05, 3.63) is 30.1 Å². The highest BCUT2D eigenvalue weighted by atomic mass is 79.9. The van der Waals surface area contributed by atoms with E-state index in [1.165, 1.54) is 12.8 Å². The lowest BCUT2D eigenvalue weighted by molar-refractivity contribution is -0.693. The van der Waals surface area contributed by atoms with E-state index in [9.17, 15) is 4.79 Å². The fourth-order valence-corrected chi connectivity index (χ4v) is 3.26. The third-order valence-electron chi connectivity index (χ3n) is 4.71. The third-order valence-corrected chi connectivity index (χ3v) is 4.71. The van der Waals surface area contributed by atoms with Gasteiger partial charge >= 0.3 is 5.97 Å². The molecule has 22 heavy (non-hydrogen) atoms. The number of carbonyl (C=O) groups is 1. The number of hydrogen-bond acceptors (Lipinski definition) is 2. The summed E-state index contributed by atoms with van der Waals surface area (Å²) < 4.78 is 7.89. The smallest absolute Gasteiger partial charge is 0.338 e. The van der Waals surface area contributed by atoms with E-state index in [0.717, 1.165) is 13.0 Å². The predicted molar refractivity (Wildman–Crippen MR) is 82.9 cm³/mol. The highest BCUT2D eigenvalue weighted by Crippen LogP contribution is 2.35. The summed E-state index contributed by atoms with van der Waals surface area (Å²) in [7, 11) is 0. The molecule has 0 saturated heterocycles. The summed E-state index contributed by atoms with van der Waals surface area (Å²) in [6.07, 6.45) is 7.34. The summed E-state index contributed by atoms with van der Waals surface area (Å²) in [5.74, 6) is 1.53. The number of halogens is 1. The maximum Gasteiger partial charge on any atom is 0.338 e. The van der Waals surface area contributed by atoms with Crippen molar-refractivity contribution < 1.29 is 31.1 Å². The maximum atomic E-state index is 12.4. The number of aryl methyl sites for hydroxylation is 1. The van der Waals surface area contributed by atoms with Crippen molar-refractivity contribution in [3.63, 3.8) is 0 Å². The van der Waals surface area contributed by atoms with Gasteiger partial charge in [-0.1, -0.05) is 27.2 Å². The number of esters is 1. The zero-order valence-corrected chi connectivity index (χ0v) is 15.7. The lowest BCUT2D eigenvalue weighted by Gasteiger charge is -2.36. The van der Waals surface area contributed by atoms with Crippen LogP contribution in [0.3, 0.4) is 0 Å². The van der Waals surface area contributed by atoms with E-state index < -0.39 is 0 Å². The molecule has 0 unspecified atom stereocenters. The van der Waals surface area contributed by atoms with Crippen LogP contribution in [0.2, 0.25) is 0 Å². The van der Waals surface area contributed by atoms with Crippen molar-refractivity contribution >= 4 is 5.97 Å². The van der Waals surface area contributed by atoms with E-state index in [0.29, 0.717) is 23.3 Å². The van der Waals surface area contributed by atoms with Crippen LogP contribution in [0.1, 0.15) is 57.3 Å². The zero-order chi connectivity index (χ0) is 15.4. The van der Waals surface area contributed by atoms with Crippen LogP contribution in [0.5, 0.6) is 0 Å². The van der Waals surface area contributed by atoms with E-state index in [2.05, 4.69) is 27.7 Å². The van der Waals surface area contributed by atoms with Gasteiger partial charge in [0, 0.05) is 12.1 Å². The molecule has 0 N–H and O–H groups in total. The largest absolute Gasteiger partial charge is 1.00 e. The van der Waals surface area contributed by atoms with Crippen LogP contribution >= 0.6 is 0 Å². The summed E-state index contributed by atoms with van der Waals surface area (Å²) >= 11 is 0. The molecule has 1 fully saturated rings. The Bertz CT molecular complexity index is 472. The number of rotatable bonds is 4. The molecular weight excluding hydrogens is 342 g/mol. The molecule has 0 amide bonds. The molecule has 1 heterocycles. The molecule has 4 heteroatoms. The van der Waals surface area contributed by atoms with Gasteiger partial charge < -0.3 is 21.7 Å². The van der Waals surface area contributed by atoms with E-state index in [1.807, 2.05) is 29.1 Å². The Morgan fingerprint density at radius 1 is 1.32 bits per heavy atom. The van der Waals surface area contributed by atoms with Crippen molar-refractivity contribution in [3.8, 4) is 0 Å². The Balaban J connectivity index is 0.00000242. The first kappa shape index (κ1) is 19.1. The molecule has 0 spiro atoms. The molecule has 0 bridgehead atoms. The fraction of sp³-hybridized carbons (Fsp3) is 0.667. The summed E-state index contributed by atoms with van der Waals surface area (Å²) in [6.45, 7) is 9.70. The number of nitrogens with zero attached hydrogens (tertiary/aromatic N) is 1. The van der Waals surface area contributed by atoms with Crippen molar-refractivity contribution in [2.45, 2.75) is 59.6 Å². The van der Waals surface area contributed by atoms with Crippen molar-refractivity contribution in [2.24, 2.45) is 17.8 Å².